The molecule has 5 rings (SSSR count). The maximum atomic E-state index is 13.5. The number of rotatable bonds is 4. The minimum absolute atomic E-state index is 0.00558. The van der Waals surface area contributed by atoms with Gasteiger partial charge < -0.3 is 19.9 Å². The van der Waals surface area contributed by atoms with E-state index in [2.05, 4.69) is 15.4 Å². The molecule has 0 spiro atoms. The van der Waals surface area contributed by atoms with Gasteiger partial charge in [-0.05, 0) is 30.2 Å². The number of fused-ring (bicyclic) bond motifs is 1. The number of Topliss-reactive ketones (excluding diaryl/α,β-unsaturated/α-hetero) is 1. The Morgan fingerprint density at radius 1 is 1.10 bits per heavy atom. The van der Waals surface area contributed by atoms with Crippen LogP contribution in [0.4, 0.5) is 5.95 Å². The van der Waals surface area contributed by atoms with Crippen molar-refractivity contribution in [3.05, 3.63) is 71.2 Å². The first-order valence-electron chi connectivity index (χ1n) is 10.0. The number of aromatic hydroxyl groups is 1. The molecular weight excluding hydrogens is 396 g/mol. The van der Waals surface area contributed by atoms with Gasteiger partial charge in [0.05, 0.1) is 14.2 Å². The molecule has 1 aliphatic heterocycles. The van der Waals surface area contributed by atoms with Gasteiger partial charge in [0.15, 0.2) is 5.78 Å². The molecule has 31 heavy (non-hydrogen) atoms. The van der Waals surface area contributed by atoms with Crippen LogP contribution in [0.2, 0.25) is 0 Å². The zero-order valence-electron chi connectivity index (χ0n) is 17.2. The first-order chi connectivity index (χ1) is 15.1. The van der Waals surface area contributed by atoms with E-state index in [-0.39, 0.29) is 17.5 Å². The van der Waals surface area contributed by atoms with Crippen LogP contribution < -0.4 is 14.8 Å². The van der Waals surface area contributed by atoms with Gasteiger partial charge in [0.2, 0.25) is 5.95 Å². The highest BCUT2D eigenvalue weighted by Crippen LogP contribution is 2.47. The van der Waals surface area contributed by atoms with Gasteiger partial charge in [-0.2, -0.15) is 10.1 Å². The van der Waals surface area contributed by atoms with E-state index in [9.17, 15) is 9.90 Å². The third kappa shape index (κ3) is 3.11. The number of benzene rings is 2. The second-order valence-electron chi connectivity index (χ2n) is 7.64. The fraction of sp³-hybridized carbons (Fsp3) is 0.261. The largest absolute Gasteiger partial charge is 0.508 e. The van der Waals surface area contributed by atoms with E-state index in [1.165, 1.54) is 6.33 Å². The van der Waals surface area contributed by atoms with Crippen LogP contribution in [0.3, 0.4) is 0 Å². The zero-order chi connectivity index (χ0) is 21.5. The number of nitrogens with one attached hydrogen (secondary N) is 1. The third-order valence-corrected chi connectivity index (χ3v) is 5.97. The number of anilines is 1. The lowest BCUT2D eigenvalue weighted by molar-refractivity contribution is -0.116. The minimum Gasteiger partial charge on any atom is -0.508 e. The number of aromatic nitrogens is 3. The number of methoxy groups -OCH3 is 2. The average molecular weight is 418 g/mol. The van der Waals surface area contributed by atoms with Crippen molar-refractivity contribution in [3.63, 3.8) is 0 Å². The molecule has 2 atom stereocenters. The molecule has 8 nitrogen and oxygen atoms in total. The third-order valence-electron chi connectivity index (χ3n) is 5.97. The van der Waals surface area contributed by atoms with Crippen LogP contribution in [0.25, 0.3) is 0 Å². The van der Waals surface area contributed by atoms with Crippen LogP contribution in [0, 0.1) is 0 Å². The molecule has 1 aliphatic carbocycles. The van der Waals surface area contributed by atoms with Crippen LogP contribution in [-0.4, -0.2) is 39.9 Å². The second kappa shape index (κ2) is 7.46. The Bertz CT molecular complexity index is 1200. The summed E-state index contributed by atoms with van der Waals surface area (Å²) in [7, 11) is 3.19. The lowest BCUT2D eigenvalue weighted by atomic mass is 9.77. The maximum Gasteiger partial charge on any atom is 0.226 e. The predicted octanol–water partition coefficient (Wildman–Crippen LogP) is 3.42. The number of ether oxygens (including phenoxy) is 2. The molecule has 1 aromatic heterocycles. The fourth-order valence-electron chi connectivity index (χ4n) is 4.54. The lowest BCUT2D eigenvalue weighted by Crippen LogP contribution is -2.33. The zero-order valence-corrected chi connectivity index (χ0v) is 17.2. The highest BCUT2D eigenvalue weighted by molar-refractivity contribution is 6.00. The standard InChI is InChI=1S/C23H22N4O4/c1-30-14-7-8-16(20(11-14)31-2)22-21-17(26-23-24-12-25-27(22)23)9-13(10-19(21)29)15-5-3-4-6-18(15)28/h3-8,11-13,22,28H,9-10H2,1-2H3,(H,24,25,26). The van der Waals surface area contributed by atoms with E-state index < -0.39 is 6.04 Å². The molecule has 0 radical (unpaired) electrons. The molecule has 158 valence electrons. The summed E-state index contributed by atoms with van der Waals surface area (Å²) < 4.78 is 12.7. The monoisotopic (exact) mass is 418 g/mol. The van der Waals surface area contributed by atoms with Gasteiger partial charge in [-0.15, -0.1) is 0 Å². The Kier molecular flexibility index (Phi) is 4.62. The topological polar surface area (TPSA) is 98.5 Å². The minimum atomic E-state index is -0.465. The van der Waals surface area contributed by atoms with Crippen LogP contribution >= 0.6 is 0 Å². The summed E-state index contributed by atoms with van der Waals surface area (Å²) in [4.78, 5) is 17.8. The lowest BCUT2D eigenvalue weighted by Gasteiger charge is -2.35. The highest BCUT2D eigenvalue weighted by Gasteiger charge is 2.40. The molecule has 0 saturated carbocycles. The number of allylic oxidation sites excluding steroid dienone is 2. The average Bonchev–Trinajstić information content (AvgIpc) is 3.25. The molecule has 0 amide bonds. The van der Waals surface area contributed by atoms with Crippen LogP contribution in [0.5, 0.6) is 17.2 Å². The maximum absolute atomic E-state index is 13.5. The van der Waals surface area contributed by atoms with Gasteiger partial charge in [-0.1, -0.05) is 18.2 Å². The summed E-state index contributed by atoms with van der Waals surface area (Å²) in [5.41, 5.74) is 3.02. The molecule has 0 saturated heterocycles. The summed E-state index contributed by atoms with van der Waals surface area (Å²) in [6.07, 6.45) is 2.35. The molecule has 8 heteroatoms. The fourth-order valence-corrected chi connectivity index (χ4v) is 4.54. The summed E-state index contributed by atoms with van der Waals surface area (Å²) in [5.74, 6) is 1.93. The molecule has 2 heterocycles. The smallest absolute Gasteiger partial charge is 0.226 e. The van der Waals surface area contributed by atoms with Crippen LogP contribution in [0.1, 0.15) is 35.9 Å². The number of carbonyl (C=O) groups is 1. The van der Waals surface area contributed by atoms with E-state index in [4.69, 9.17) is 9.47 Å². The molecular formula is C23H22N4O4. The van der Waals surface area contributed by atoms with E-state index >= 15 is 0 Å². The van der Waals surface area contributed by atoms with Gasteiger partial charge in [0.1, 0.15) is 29.6 Å². The van der Waals surface area contributed by atoms with Crippen molar-refractivity contribution in [3.8, 4) is 17.2 Å². The number of hydrogen-bond acceptors (Lipinski definition) is 7. The van der Waals surface area contributed by atoms with Gasteiger partial charge in [-0.3, -0.25) is 4.79 Å². The molecule has 2 N–H and O–H groups in total. The second-order valence-corrected chi connectivity index (χ2v) is 7.64. The molecule has 0 fully saturated rings. The summed E-state index contributed by atoms with van der Waals surface area (Å²) in [6.45, 7) is 0. The van der Waals surface area contributed by atoms with Gasteiger partial charge in [-0.25, -0.2) is 4.68 Å². The van der Waals surface area contributed by atoms with E-state index in [0.29, 0.717) is 35.9 Å². The Hall–Kier alpha value is -3.81. The van der Waals surface area contributed by atoms with Gasteiger partial charge >= 0.3 is 0 Å². The number of para-hydroxylation sites is 1. The van der Waals surface area contributed by atoms with E-state index in [0.717, 1.165) is 16.8 Å². The van der Waals surface area contributed by atoms with E-state index in [1.807, 2.05) is 24.3 Å². The van der Waals surface area contributed by atoms with Crippen LogP contribution in [0.15, 0.2) is 60.1 Å². The number of hydrogen-bond donors (Lipinski definition) is 2. The Balaban J connectivity index is 1.63. The van der Waals surface area contributed by atoms with Crippen molar-refractivity contribution in [1.29, 1.82) is 0 Å². The number of carbonyl (C=O) groups excluding carboxylic acids is 1. The van der Waals surface area contributed by atoms with E-state index in [1.54, 1.807) is 37.1 Å². The van der Waals surface area contributed by atoms with Gasteiger partial charge in [0, 0.05) is 35.2 Å². The number of nitrogens with zero attached hydrogens (tertiary/aromatic N) is 3. The van der Waals surface area contributed by atoms with Gasteiger partial charge in [0.25, 0.3) is 0 Å². The summed E-state index contributed by atoms with van der Waals surface area (Å²) >= 11 is 0. The van der Waals surface area contributed by atoms with Crippen molar-refractivity contribution in [1.82, 2.24) is 14.8 Å². The predicted molar refractivity (Wildman–Crippen MR) is 113 cm³/mol. The summed E-state index contributed by atoms with van der Waals surface area (Å²) in [5, 5.41) is 18.0. The molecule has 2 aromatic carbocycles. The molecule has 0 bridgehead atoms. The van der Waals surface area contributed by atoms with Crippen molar-refractivity contribution < 1.29 is 19.4 Å². The molecule has 3 aromatic rings. The number of ketones is 1. The number of phenols is 1. The molecule has 2 aliphatic rings. The number of phenolic OH excluding ortho intramolecular Hbond substituents is 1. The quantitative estimate of drug-likeness (QED) is 0.670. The van der Waals surface area contributed by atoms with Crippen molar-refractivity contribution in [2.75, 3.05) is 19.5 Å². The highest BCUT2D eigenvalue weighted by atomic mass is 16.5. The Labute approximate surface area is 179 Å². The Morgan fingerprint density at radius 3 is 2.71 bits per heavy atom. The van der Waals surface area contributed by atoms with Crippen molar-refractivity contribution in [2.45, 2.75) is 24.8 Å². The Morgan fingerprint density at radius 2 is 1.94 bits per heavy atom. The first-order valence-corrected chi connectivity index (χ1v) is 10.0. The summed E-state index contributed by atoms with van der Waals surface area (Å²) in [6, 6.07) is 12.2. The first kappa shape index (κ1) is 19.2. The normalized spacial score (nSPS) is 20.0. The van der Waals surface area contributed by atoms with Crippen LogP contribution in [-0.2, 0) is 4.79 Å². The SMILES string of the molecule is COc1ccc(C2C3=C(CC(c4ccccc4O)CC3=O)Nc3ncnn32)c(OC)c1. The molecule has 2 unspecified atom stereocenters. The van der Waals surface area contributed by atoms with Crippen molar-refractivity contribution in [2.24, 2.45) is 0 Å². The van der Waals surface area contributed by atoms with Crippen molar-refractivity contribution >= 4 is 11.7 Å².